The second-order valence-electron chi connectivity index (χ2n) is 1.08. The molecule has 4 heteroatoms. The van der Waals surface area contributed by atoms with Crippen LogP contribution in [0.2, 0.25) is 0 Å². The zero-order valence-corrected chi connectivity index (χ0v) is 4.96. The molecular formula is C5H7NO3. The number of aliphatic hydroxyl groups excluding tert-OH is 1. The van der Waals surface area contributed by atoms with Crippen LogP contribution in [0.5, 0.6) is 0 Å². The molecule has 0 atom stereocenters. The van der Waals surface area contributed by atoms with Gasteiger partial charge in [0.05, 0.1) is 0 Å². The maximum Gasteiger partial charge on any atom is 0.300 e. The number of nitriles is 1. The van der Waals surface area contributed by atoms with Crippen LogP contribution >= 0.6 is 0 Å². The van der Waals surface area contributed by atoms with E-state index in [1.807, 2.05) is 0 Å². The van der Waals surface area contributed by atoms with Crippen LogP contribution in [0.1, 0.15) is 6.92 Å². The average Bonchev–Trinajstić information content (AvgIpc) is 1.65. The summed E-state index contributed by atoms with van der Waals surface area (Å²) in [6, 6.07) is 1.39. The Hall–Kier alpha value is -1.50. The van der Waals surface area contributed by atoms with Crippen LogP contribution in [0.15, 0.2) is 12.3 Å². The molecule has 0 fully saturated rings. The second kappa shape index (κ2) is 6.50. The molecule has 0 saturated heterocycles. The van der Waals surface area contributed by atoms with Crippen molar-refractivity contribution < 1.29 is 15.0 Å². The number of aliphatic carboxylic acids is 1. The Balaban J connectivity index is 0. The molecule has 0 saturated carbocycles. The largest absolute Gasteiger partial charge is 0.500 e. The van der Waals surface area contributed by atoms with Crippen LogP contribution in [-0.2, 0) is 4.79 Å². The summed E-state index contributed by atoms with van der Waals surface area (Å²) >= 11 is 0. The predicted molar refractivity (Wildman–Crippen MR) is 30.7 cm³/mol. The molecular weight excluding hydrogens is 122 g/mol. The zero-order valence-electron chi connectivity index (χ0n) is 4.96. The third kappa shape index (κ3) is 526. The van der Waals surface area contributed by atoms with Crippen LogP contribution in [0.3, 0.4) is 0 Å². The Labute approximate surface area is 52.7 Å². The van der Waals surface area contributed by atoms with Crippen LogP contribution < -0.4 is 0 Å². The molecule has 4 nitrogen and oxygen atoms in total. The number of carboxylic acid groups (broad SMARTS) is 1. The van der Waals surface area contributed by atoms with Gasteiger partial charge in [-0.05, 0) is 6.58 Å². The maximum atomic E-state index is 9.00. The number of nitrogens with zero attached hydrogens (tertiary/aromatic N) is 1. The molecule has 0 aromatic carbocycles. The number of carbonyl (C=O) groups is 1. The van der Waals surface area contributed by atoms with Crippen LogP contribution in [0, 0.1) is 11.3 Å². The van der Waals surface area contributed by atoms with E-state index in [2.05, 4.69) is 6.58 Å². The zero-order chi connectivity index (χ0) is 7.86. The van der Waals surface area contributed by atoms with Crippen molar-refractivity contribution in [1.29, 1.82) is 5.26 Å². The third-order valence-electron chi connectivity index (χ3n) is 0.129. The van der Waals surface area contributed by atoms with Gasteiger partial charge in [0.2, 0.25) is 0 Å². The van der Waals surface area contributed by atoms with Gasteiger partial charge in [0.15, 0.2) is 5.76 Å². The monoisotopic (exact) mass is 129 g/mol. The van der Waals surface area contributed by atoms with E-state index in [0.29, 0.717) is 0 Å². The van der Waals surface area contributed by atoms with Gasteiger partial charge in [-0.3, -0.25) is 4.79 Å². The molecule has 0 aromatic rings. The molecule has 0 aliphatic carbocycles. The Morgan fingerprint density at radius 1 is 1.67 bits per heavy atom. The Morgan fingerprint density at radius 2 is 1.78 bits per heavy atom. The summed E-state index contributed by atoms with van der Waals surface area (Å²) < 4.78 is 0. The number of hydrogen-bond acceptors (Lipinski definition) is 3. The average molecular weight is 129 g/mol. The van der Waals surface area contributed by atoms with Gasteiger partial charge in [0.1, 0.15) is 6.07 Å². The van der Waals surface area contributed by atoms with Crippen molar-refractivity contribution >= 4 is 5.97 Å². The number of allylic oxidation sites excluding steroid dienone is 1. The van der Waals surface area contributed by atoms with Gasteiger partial charge in [-0.15, -0.1) is 0 Å². The van der Waals surface area contributed by atoms with Gasteiger partial charge in [-0.2, -0.15) is 5.26 Å². The summed E-state index contributed by atoms with van der Waals surface area (Å²) in [7, 11) is 0. The summed E-state index contributed by atoms with van der Waals surface area (Å²) in [6.07, 6.45) is 0. The van der Waals surface area contributed by atoms with E-state index in [0.717, 1.165) is 6.92 Å². The standard InChI is InChI=1S/C3H3NO.C2H4O2/c1-3(5)2-4;1-2(3)4/h5H,1H2;1H3,(H,3,4). The van der Waals surface area contributed by atoms with Gasteiger partial charge >= 0.3 is 0 Å². The highest BCUT2D eigenvalue weighted by Gasteiger charge is 1.68. The molecule has 0 spiro atoms. The van der Waals surface area contributed by atoms with Gasteiger partial charge in [-0.1, -0.05) is 0 Å². The first-order chi connectivity index (χ1) is 4.00. The van der Waals surface area contributed by atoms with E-state index >= 15 is 0 Å². The number of carboxylic acids is 1. The first-order valence-electron chi connectivity index (χ1n) is 1.98. The van der Waals surface area contributed by atoms with Gasteiger partial charge in [0, 0.05) is 6.92 Å². The third-order valence-corrected chi connectivity index (χ3v) is 0.129. The fourth-order valence-electron chi connectivity index (χ4n) is 0. The van der Waals surface area contributed by atoms with Crippen molar-refractivity contribution in [3.05, 3.63) is 12.3 Å². The number of rotatable bonds is 0. The lowest BCUT2D eigenvalue weighted by atomic mass is 10.7. The molecule has 0 aromatic heterocycles. The van der Waals surface area contributed by atoms with E-state index in [1.165, 1.54) is 6.07 Å². The molecule has 0 aliphatic rings. The van der Waals surface area contributed by atoms with E-state index < -0.39 is 11.7 Å². The minimum Gasteiger partial charge on any atom is -0.500 e. The van der Waals surface area contributed by atoms with Crippen LogP contribution in [0.25, 0.3) is 0 Å². The molecule has 0 heterocycles. The fraction of sp³-hybridized carbons (Fsp3) is 0.200. The Morgan fingerprint density at radius 3 is 1.78 bits per heavy atom. The smallest absolute Gasteiger partial charge is 0.300 e. The molecule has 0 amide bonds. The van der Waals surface area contributed by atoms with Gasteiger partial charge in [-0.25, -0.2) is 0 Å². The summed E-state index contributed by atoms with van der Waals surface area (Å²) in [5.74, 6) is -1.27. The lowest BCUT2D eigenvalue weighted by Crippen LogP contribution is -1.78. The minimum atomic E-state index is -0.833. The van der Waals surface area contributed by atoms with Crippen LogP contribution in [-0.4, -0.2) is 16.2 Å². The summed E-state index contributed by atoms with van der Waals surface area (Å²) in [5, 5.41) is 22.8. The molecule has 50 valence electrons. The summed E-state index contributed by atoms with van der Waals surface area (Å²) in [6.45, 7) is 3.95. The van der Waals surface area contributed by atoms with Gasteiger partial charge < -0.3 is 10.2 Å². The first-order valence-corrected chi connectivity index (χ1v) is 1.98. The lowest BCUT2D eigenvalue weighted by molar-refractivity contribution is -0.134. The minimum absolute atomic E-state index is 0.440. The molecule has 0 unspecified atom stereocenters. The summed E-state index contributed by atoms with van der Waals surface area (Å²) in [5.41, 5.74) is 0. The quantitative estimate of drug-likeness (QED) is 0.286. The van der Waals surface area contributed by atoms with Crippen molar-refractivity contribution in [2.75, 3.05) is 0 Å². The molecule has 0 rings (SSSR count). The molecule has 0 radical (unpaired) electrons. The van der Waals surface area contributed by atoms with E-state index in [9.17, 15) is 0 Å². The number of hydrogen-bond donors (Lipinski definition) is 2. The van der Waals surface area contributed by atoms with Crippen molar-refractivity contribution in [1.82, 2.24) is 0 Å². The molecule has 2 N–H and O–H groups in total. The van der Waals surface area contributed by atoms with E-state index in [-0.39, 0.29) is 0 Å². The van der Waals surface area contributed by atoms with Crippen molar-refractivity contribution in [2.24, 2.45) is 0 Å². The SMILES string of the molecule is C=C(O)C#N.CC(=O)O. The molecule has 0 aliphatic heterocycles. The van der Waals surface area contributed by atoms with E-state index in [1.54, 1.807) is 0 Å². The van der Waals surface area contributed by atoms with Crippen molar-refractivity contribution in [2.45, 2.75) is 6.92 Å². The Kier molecular flexibility index (Phi) is 7.57. The maximum absolute atomic E-state index is 9.00. The predicted octanol–water partition coefficient (Wildman–Crippen LogP) is 0.673. The topological polar surface area (TPSA) is 81.3 Å². The van der Waals surface area contributed by atoms with Crippen molar-refractivity contribution in [3.8, 4) is 6.07 Å². The highest BCUT2D eigenvalue weighted by atomic mass is 16.4. The second-order valence-corrected chi connectivity index (χ2v) is 1.08. The van der Waals surface area contributed by atoms with E-state index in [4.69, 9.17) is 20.3 Å². The number of aliphatic hydroxyl groups is 1. The molecule has 9 heavy (non-hydrogen) atoms. The normalized spacial score (nSPS) is 5.78. The Bertz CT molecular complexity index is 141. The lowest BCUT2D eigenvalue weighted by Gasteiger charge is -1.64. The van der Waals surface area contributed by atoms with Gasteiger partial charge in [0.25, 0.3) is 5.97 Å². The highest BCUT2D eigenvalue weighted by molar-refractivity contribution is 5.62. The summed E-state index contributed by atoms with van der Waals surface area (Å²) in [4.78, 5) is 9.00. The van der Waals surface area contributed by atoms with Crippen molar-refractivity contribution in [3.63, 3.8) is 0 Å². The highest BCUT2D eigenvalue weighted by Crippen LogP contribution is 1.68. The molecule has 0 bridgehead atoms. The van der Waals surface area contributed by atoms with Crippen LogP contribution in [0.4, 0.5) is 0 Å². The first kappa shape index (κ1) is 10.5. The fourth-order valence-corrected chi connectivity index (χ4v) is 0.